The van der Waals surface area contributed by atoms with Gasteiger partial charge in [0.05, 0.1) is 6.10 Å². The number of hydrogen-bond donors (Lipinski definition) is 1. The van der Waals surface area contributed by atoms with Gasteiger partial charge in [-0.25, -0.2) is 0 Å². The summed E-state index contributed by atoms with van der Waals surface area (Å²) in [7, 11) is 0. The van der Waals surface area contributed by atoms with E-state index in [2.05, 4.69) is 25.2 Å². The van der Waals surface area contributed by atoms with Gasteiger partial charge in [-0.1, -0.05) is 32.1 Å². The van der Waals surface area contributed by atoms with E-state index >= 15 is 0 Å². The smallest absolute Gasteiger partial charge is 0.248 e. The average Bonchev–Trinajstić information content (AvgIpc) is 2.89. The van der Waals surface area contributed by atoms with E-state index in [9.17, 15) is 4.79 Å². The van der Waals surface area contributed by atoms with E-state index in [4.69, 9.17) is 4.74 Å². The van der Waals surface area contributed by atoms with Crippen molar-refractivity contribution in [2.45, 2.75) is 39.2 Å². The molecule has 1 fully saturated rings. The van der Waals surface area contributed by atoms with Crippen LogP contribution in [-0.2, 0) is 16.0 Å². The van der Waals surface area contributed by atoms with Crippen molar-refractivity contribution in [1.29, 1.82) is 0 Å². The van der Waals surface area contributed by atoms with Crippen molar-refractivity contribution in [2.75, 3.05) is 11.9 Å². The van der Waals surface area contributed by atoms with Gasteiger partial charge in [-0.15, -0.1) is 0 Å². The van der Waals surface area contributed by atoms with Crippen LogP contribution in [0, 0.1) is 5.92 Å². The Morgan fingerprint density at radius 3 is 3.05 bits per heavy atom. The maximum absolute atomic E-state index is 11.8. The van der Waals surface area contributed by atoms with Gasteiger partial charge in [-0.05, 0) is 42.9 Å². The highest BCUT2D eigenvalue weighted by Crippen LogP contribution is 2.15. The van der Waals surface area contributed by atoms with Gasteiger partial charge in [-0.2, -0.15) is 0 Å². The fourth-order valence-electron chi connectivity index (χ4n) is 2.38. The van der Waals surface area contributed by atoms with Crippen molar-refractivity contribution in [2.24, 2.45) is 5.92 Å². The van der Waals surface area contributed by atoms with Crippen molar-refractivity contribution < 1.29 is 9.53 Å². The molecular formula is C17H23NO2. The number of rotatable bonds is 5. The monoisotopic (exact) mass is 273 g/mol. The molecule has 2 rings (SSSR count). The van der Waals surface area contributed by atoms with Crippen LogP contribution < -0.4 is 5.32 Å². The maximum Gasteiger partial charge on any atom is 0.248 e. The lowest BCUT2D eigenvalue weighted by atomic mass is 10.0. The largest absolute Gasteiger partial charge is 0.374 e. The van der Waals surface area contributed by atoms with Gasteiger partial charge in [0.15, 0.2) is 0 Å². The highest BCUT2D eigenvalue weighted by atomic mass is 16.5. The lowest BCUT2D eigenvalue weighted by molar-refractivity contribution is -0.112. The Balaban J connectivity index is 1.90. The summed E-state index contributed by atoms with van der Waals surface area (Å²) in [5.74, 6) is 0.516. The minimum Gasteiger partial charge on any atom is -0.374 e. The predicted molar refractivity (Wildman–Crippen MR) is 81.7 cm³/mol. The third-order valence-corrected chi connectivity index (χ3v) is 3.27. The Hall–Kier alpha value is -1.61. The third kappa shape index (κ3) is 4.82. The predicted octanol–water partition coefficient (Wildman–Crippen LogP) is 3.56. The molecule has 1 amide bonds. The van der Waals surface area contributed by atoms with Crippen LogP contribution in [0.1, 0.15) is 32.3 Å². The Bertz CT molecular complexity index is 474. The van der Waals surface area contributed by atoms with Crippen LogP contribution in [0.15, 0.2) is 36.4 Å². The van der Waals surface area contributed by atoms with Crippen LogP contribution in [0.2, 0.25) is 0 Å². The van der Waals surface area contributed by atoms with E-state index < -0.39 is 0 Å². The van der Waals surface area contributed by atoms with Gasteiger partial charge in [0.25, 0.3) is 0 Å². The van der Waals surface area contributed by atoms with E-state index in [1.165, 1.54) is 5.56 Å². The van der Waals surface area contributed by atoms with Gasteiger partial charge in [0.1, 0.15) is 0 Å². The van der Waals surface area contributed by atoms with E-state index in [0.717, 1.165) is 31.6 Å². The van der Waals surface area contributed by atoms with Crippen LogP contribution in [0.25, 0.3) is 0 Å². The Kier molecular flexibility index (Phi) is 5.36. The quantitative estimate of drug-likeness (QED) is 0.833. The minimum absolute atomic E-state index is 0.0952. The van der Waals surface area contributed by atoms with Crippen LogP contribution in [0.3, 0.4) is 0 Å². The average molecular weight is 273 g/mol. The van der Waals surface area contributed by atoms with E-state index in [1.54, 1.807) is 6.08 Å². The molecule has 1 aliphatic rings. The van der Waals surface area contributed by atoms with Crippen molar-refractivity contribution in [1.82, 2.24) is 0 Å². The summed E-state index contributed by atoms with van der Waals surface area (Å²) in [4.78, 5) is 11.8. The van der Waals surface area contributed by atoms with Crippen molar-refractivity contribution in [3.63, 3.8) is 0 Å². The van der Waals surface area contributed by atoms with Crippen molar-refractivity contribution >= 4 is 11.6 Å². The summed E-state index contributed by atoms with van der Waals surface area (Å²) < 4.78 is 5.45. The summed E-state index contributed by atoms with van der Waals surface area (Å²) in [6.45, 7) is 5.18. The second-order valence-electron chi connectivity index (χ2n) is 5.70. The zero-order chi connectivity index (χ0) is 14.4. The molecular weight excluding hydrogens is 250 g/mol. The Morgan fingerprint density at radius 2 is 2.35 bits per heavy atom. The molecule has 0 aromatic heterocycles. The second-order valence-corrected chi connectivity index (χ2v) is 5.70. The van der Waals surface area contributed by atoms with E-state index in [-0.39, 0.29) is 12.0 Å². The molecule has 108 valence electrons. The summed E-state index contributed by atoms with van der Waals surface area (Å²) >= 11 is 0. The first kappa shape index (κ1) is 14.8. The van der Waals surface area contributed by atoms with Crippen molar-refractivity contribution in [3.8, 4) is 0 Å². The van der Waals surface area contributed by atoms with Crippen LogP contribution in [0.4, 0.5) is 5.69 Å². The number of amides is 1. The standard InChI is InChI=1S/C17H23NO2/c1-13(2)11-14-5-3-6-15(12-14)18-17(19)9-8-16-7-4-10-20-16/h3,5-6,8-9,12-13,16H,4,7,10-11H2,1-2H3,(H,18,19)/b9-8+. The van der Waals surface area contributed by atoms with Gasteiger partial charge >= 0.3 is 0 Å². The first-order valence-electron chi connectivity index (χ1n) is 7.33. The first-order valence-corrected chi connectivity index (χ1v) is 7.33. The normalized spacial score (nSPS) is 18.9. The Labute approximate surface area is 121 Å². The fraction of sp³-hybridized carbons (Fsp3) is 0.471. The molecule has 1 saturated heterocycles. The van der Waals surface area contributed by atoms with Gasteiger partial charge in [0.2, 0.25) is 5.91 Å². The maximum atomic E-state index is 11.8. The molecule has 0 spiro atoms. The molecule has 0 radical (unpaired) electrons. The number of carbonyl (C=O) groups excluding carboxylic acids is 1. The summed E-state index contributed by atoms with van der Waals surface area (Å²) in [6.07, 6.45) is 6.63. The number of hydrogen-bond acceptors (Lipinski definition) is 2. The number of nitrogens with one attached hydrogen (secondary N) is 1. The molecule has 20 heavy (non-hydrogen) atoms. The molecule has 3 nitrogen and oxygen atoms in total. The van der Waals surface area contributed by atoms with Crippen LogP contribution in [-0.4, -0.2) is 18.6 Å². The number of carbonyl (C=O) groups is 1. The Morgan fingerprint density at radius 1 is 1.50 bits per heavy atom. The summed E-state index contributed by atoms with van der Waals surface area (Å²) in [6, 6.07) is 8.04. The van der Waals surface area contributed by atoms with Crippen LogP contribution in [0.5, 0.6) is 0 Å². The molecule has 0 saturated carbocycles. The molecule has 0 aliphatic carbocycles. The lowest BCUT2D eigenvalue weighted by Crippen LogP contribution is -2.10. The van der Waals surface area contributed by atoms with Crippen LogP contribution >= 0.6 is 0 Å². The van der Waals surface area contributed by atoms with Gasteiger partial charge in [-0.3, -0.25) is 4.79 Å². The second kappa shape index (κ2) is 7.25. The van der Waals surface area contributed by atoms with Gasteiger partial charge < -0.3 is 10.1 Å². The number of anilines is 1. The van der Waals surface area contributed by atoms with E-state index in [0.29, 0.717) is 5.92 Å². The molecule has 1 atom stereocenters. The van der Waals surface area contributed by atoms with E-state index in [1.807, 2.05) is 24.3 Å². The van der Waals surface area contributed by atoms with Gasteiger partial charge in [0, 0.05) is 18.4 Å². The highest BCUT2D eigenvalue weighted by Gasteiger charge is 2.12. The highest BCUT2D eigenvalue weighted by molar-refractivity contribution is 5.99. The molecule has 1 aliphatic heterocycles. The molecule has 1 aromatic rings. The summed E-state index contributed by atoms with van der Waals surface area (Å²) in [5, 5.41) is 2.90. The summed E-state index contributed by atoms with van der Waals surface area (Å²) in [5.41, 5.74) is 2.10. The molecule has 1 unspecified atom stereocenters. The van der Waals surface area contributed by atoms with Crippen molar-refractivity contribution in [3.05, 3.63) is 42.0 Å². The molecule has 0 bridgehead atoms. The number of benzene rings is 1. The fourth-order valence-corrected chi connectivity index (χ4v) is 2.38. The minimum atomic E-state index is -0.0952. The SMILES string of the molecule is CC(C)Cc1cccc(NC(=O)/C=C/C2CCCO2)c1. The zero-order valence-corrected chi connectivity index (χ0v) is 12.3. The first-order chi connectivity index (χ1) is 9.63. The lowest BCUT2D eigenvalue weighted by Gasteiger charge is -2.08. The molecule has 3 heteroatoms. The number of ether oxygens (including phenoxy) is 1. The topological polar surface area (TPSA) is 38.3 Å². The molecule has 1 N–H and O–H groups in total. The molecule has 1 heterocycles. The zero-order valence-electron chi connectivity index (χ0n) is 12.3. The molecule has 1 aromatic carbocycles. The third-order valence-electron chi connectivity index (χ3n) is 3.27.